The van der Waals surface area contributed by atoms with Crippen molar-refractivity contribution in [1.82, 2.24) is 0 Å². The molecule has 6 heavy (non-hydrogen) atoms. The van der Waals surface area contributed by atoms with Crippen LogP contribution in [0.25, 0.3) is 0 Å². The molecule has 0 nitrogen and oxygen atoms in total. The van der Waals surface area contributed by atoms with Gasteiger partial charge in [0.2, 0.25) is 0 Å². The molecule has 0 spiro atoms. The maximum Gasteiger partial charge on any atom is 0 e. The van der Waals surface area contributed by atoms with Crippen molar-refractivity contribution in [2.75, 3.05) is 0 Å². The van der Waals surface area contributed by atoms with Gasteiger partial charge in [-0.2, -0.15) is 0 Å². The van der Waals surface area contributed by atoms with Crippen LogP contribution in [0.15, 0.2) is 0 Å². The van der Waals surface area contributed by atoms with Gasteiger partial charge in [0.05, 0.1) is 0 Å². The molecule has 0 aliphatic heterocycles. The third kappa shape index (κ3) is 23.1. The van der Waals surface area contributed by atoms with Gasteiger partial charge in [0.1, 0.15) is 0 Å². The Kier molecular flexibility index (Phi) is 35.9. The molecule has 0 unspecified atom stereocenters. The van der Waals surface area contributed by atoms with Gasteiger partial charge in [0.15, 0.2) is 0 Å². The van der Waals surface area contributed by atoms with Crippen molar-refractivity contribution in [3.05, 3.63) is 0 Å². The van der Waals surface area contributed by atoms with E-state index in [2.05, 4.69) is 0 Å². The Hall–Kier alpha value is 4.92. The first kappa shape index (κ1) is 17.1. The van der Waals surface area contributed by atoms with E-state index in [9.17, 15) is 0 Å². The van der Waals surface area contributed by atoms with Crippen molar-refractivity contribution < 1.29 is 112 Å². The van der Waals surface area contributed by atoms with Crippen LogP contribution in [0.5, 0.6) is 0 Å². The van der Waals surface area contributed by atoms with E-state index in [1.165, 1.54) is 0 Å². The van der Waals surface area contributed by atoms with Crippen molar-refractivity contribution in [2.24, 2.45) is 0 Å². The maximum atomic E-state index is 5.02. The quantitative estimate of drug-likeness (QED) is 0.441. The monoisotopic (exact) mass is 540 g/mol. The zero-order valence-electron chi connectivity index (χ0n) is 2.62. The Morgan fingerprint density at radius 2 is 1.00 bits per heavy atom. The summed E-state index contributed by atoms with van der Waals surface area (Å²) >= 11 is -2.24. The maximum absolute atomic E-state index is 5.02. The molecule has 0 heterocycles. The molecule has 0 atom stereocenters. The van der Waals surface area contributed by atoms with E-state index in [4.69, 9.17) is 17.4 Å². The summed E-state index contributed by atoms with van der Waals surface area (Å²) < 4.78 is 0. The molecule has 0 saturated carbocycles. The van der Waals surface area contributed by atoms with Gasteiger partial charge in [-0.05, 0) is 0 Å². The van der Waals surface area contributed by atoms with Crippen molar-refractivity contribution in [2.45, 2.75) is 0 Å². The molecular weight excluding hydrogens is 542 g/mol. The molecule has 0 aromatic carbocycles. The molecule has 0 rings (SSSR count). The molecular formula is Cl3NdPrSm. The van der Waals surface area contributed by atoms with E-state index in [-0.39, 0.29) is 81.7 Å². The van der Waals surface area contributed by atoms with Crippen molar-refractivity contribution >= 4 is 17.4 Å². The molecule has 0 amide bonds. The van der Waals surface area contributed by atoms with Crippen molar-refractivity contribution in [1.29, 1.82) is 0 Å². The second kappa shape index (κ2) is 12.6. The smallest absolute Gasteiger partial charge is 0 e. The van der Waals surface area contributed by atoms with E-state index in [0.717, 1.165) is 0 Å². The summed E-state index contributed by atoms with van der Waals surface area (Å²) in [6.07, 6.45) is 0. The Balaban J connectivity index is -0.0000000450. The number of hydrogen-bond acceptors (Lipinski definition) is 0. The predicted octanol–water partition coefficient (Wildman–Crippen LogP) is 2.07. The molecule has 1 radical (unpaired) electrons. The van der Waals surface area contributed by atoms with Crippen molar-refractivity contribution in [3.8, 4) is 0 Å². The summed E-state index contributed by atoms with van der Waals surface area (Å²) in [6, 6.07) is 0. The molecule has 0 bridgehead atoms. The van der Waals surface area contributed by atoms with Crippen LogP contribution in [-0.4, -0.2) is 0 Å². The average molecular weight is 542 g/mol. The van der Waals surface area contributed by atoms with Gasteiger partial charge in [-0.3, -0.25) is 0 Å². The third-order valence-electron chi connectivity index (χ3n) is 0. The molecule has 0 saturated heterocycles. The minimum Gasteiger partial charge on any atom is 0 e. The summed E-state index contributed by atoms with van der Waals surface area (Å²) in [7, 11) is 0. The molecule has 0 aromatic rings. The molecule has 34 valence electrons. The summed E-state index contributed by atoms with van der Waals surface area (Å²) in [5.74, 6) is 15.1. The van der Waals surface area contributed by atoms with Crippen LogP contribution in [0.4, 0.5) is 0 Å². The van der Waals surface area contributed by atoms with Crippen LogP contribution in [0.2, 0.25) is 0 Å². The molecule has 6 heteroatoms. The van der Waals surface area contributed by atoms with Crippen LogP contribution in [0.1, 0.15) is 0 Å². The van der Waals surface area contributed by atoms with Gasteiger partial charge in [-0.15, -0.1) is 0 Å². The fourth-order valence-electron chi connectivity index (χ4n) is 0. The Morgan fingerprint density at radius 3 is 1.00 bits per heavy atom. The largest absolute Gasteiger partial charge is 0 e. The molecule has 0 fully saturated rings. The fourth-order valence-corrected chi connectivity index (χ4v) is 0. The first-order valence-corrected chi connectivity index (χ1v) is 12.6. The topological polar surface area (TPSA) is 0 Å². The standard InChI is InChI=1S/3ClH.Nd.Pr.Sm/h3*1H;;;/q;;;+3;;/p-3. The predicted molar refractivity (Wildman–Crippen MR) is 17.6 cm³/mol. The van der Waals surface area contributed by atoms with E-state index in [0.29, 0.717) is 0 Å². The zero-order chi connectivity index (χ0) is 3.58. The summed E-state index contributed by atoms with van der Waals surface area (Å²) in [5.41, 5.74) is 0. The second-order valence-electron chi connectivity index (χ2n) is 0.214. The first-order chi connectivity index (χ1) is 1.73. The summed E-state index contributed by atoms with van der Waals surface area (Å²) in [4.78, 5) is 0. The fraction of sp³-hybridized carbons (Fsp3) is 0. The van der Waals surface area contributed by atoms with Crippen LogP contribution in [0.3, 0.4) is 0 Å². The van der Waals surface area contributed by atoms with Crippen molar-refractivity contribution in [3.63, 3.8) is 0 Å². The normalized spacial score (nSPS) is 4.50. The van der Waals surface area contributed by atoms with Gasteiger partial charge in [-0.25, -0.2) is 0 Å². The minimum atomic E-state index is -2.24. The average Bonchev–Trinajstić information content (AvgIpc) is 0.811. The summed E-state index contributed by atoms with van der Waals surface area (Å²) in [6.45, 7) is 0. The molecule has 0 aromatic heterocycles. The second-order valence-corrected chi connectivity index (χ2v) is 14.3. The van der Waals surface area contributed by atoms with Gasteiger partial charge < -0.3 is 0 Å². The number of rotatable bonds is 0. The van der Waals surface area contributed by atoms with E-state index < -0.39 is 29.9 Å². The molecule has 0 aliphatic rings. The Bertz CT molecular complexity index is 15.5. The van der Waals surface area contributed by atoms with E-state index in [1.807, 2.05) is 0 Å². The Labute approximate surface area is 124 Å². The van der Waals surface area contributed by atoms with Crippen LogP contribution in [-0.2, 0) is 0 Å². The van der Waals surface area contributed by atoms with E-state index >= 15 is 0 Å². The van der Waals surface area contributed by atoms with Crippen LogP contribution in [0, 0.1) is 112 Å². The SMILES string of the molecule is [Cl][Nd]([Cl])[Cl].[Pr].[Sm]. The van der Waals surface area contributed by atoms with Gasteiger partial charge >= 0.3 is 47.3 Å². The Morgan fingerprint density at radius 1 is 1.00 bits per heavy atom. The van der Waals surface area contributed by atoms with E-state index in [1.54, 1.807) is 0 Å². The zero-order valence-corrected chi connectivity index (χ0v) is 14.4. The first-order valence-electron chi connectivity index (χ1n) is 0.567. The van der Waals surface area contributed by atoms with Gasteiger partial charge in [-0.1, -0.05) is 0 Å². The number of halogens is 3. The van der Waals surface area contributed by atoms with Crippen LogP contribution < -0.4 is 0 Å². The van der Waals surface area contributed by atoms with Gasteiger partial charge in [0.25, 0.3) is 0 Å². The molecule has 0 N–H and O–H groups in total. The van der Waals surface area contributed by atoms with Crippen LogP contribution >= 0.6 is 17.4 Å². The molecule has 0 aliphatic carbocycles. The summed E-state index contributed by atoms with van der Waals surface area (Å²) in [5, 5.41) is 0. The minimum absolute atomic E-state index is 0. The number of hydrogen-bond donors (Lipinski definition) is 0. The van der Waals surface area contributed by atoms with Gasteiger partial charge in [0, 0.05) is 81.7 Å². The third-order valence-corrected chi connectivity index (χ3v) is 0.